The molecule has 2 atom stereocenters. The predicted molar refractivity (Wildman–Crippen MR) is 78.7 cm³/mol. The summed E-state index contributed by atoms with van der Waals surface area (Å²) in [6.45, 7) is 0.175. The molecule has 6 heteroatoms. The van der Waals surface area contributed by atoms with E-state index < -0.39 is 18.2 Å². The minimum atomic E-state index is -0.949. The maximum absolute atomic E-state index is 12.3. The highest BCUT2D eigenvalue weighted by Gasteiger charge is 2.35. The zero-order valence-electron chi connectivity index (χ0n) is 12.1. The van der Waals surface area contributed by atoms with Crippen LogP contribution in [0.15, 0.2) is 42.5 Å². The number of aliphatic hydroxyl groups excluding tert-OH is 1. The largest absolute Gasteiger partial charge is 0.490 e. The van der Waals surface area contributed by atoms with Crippen molar-refractivity contribution in [3.63, 3.8) is 0 Å². The van der Waals surface area contributed by atoms with Gasteiger partial charge >= 0.3 is 5.97 Å². The molecule has 1 N–H and O–H groups in total. The Balaban J connectivity index is 1.65. The molecule has 0 saturated carbocycles. The molecule has 0 bridgehead atoms. The van der Waals surface area contributed by atoms with Crippen LogP contribution in [0.2, 0.25) is 0 Å². The molecule has 0 radical (unpaired) electrons. The van der Waals surface area contributed by atoms with E-state index >= 15 is 0 Å². The first-order valence-corrected chi connectivity index (χ1v) is 7.23. The normalized spacial score (nSPS) is 21.3. The van der Waals surface area contributed by atoms with Crippen molar-refractivity contribution < 1.29 is 28.8 Å². The van der Waals surface area contributed by atoms with Crippen molar-refractivity contribution in [3.8, 4) is 17.2 Å². The molecular formula is C17H14O6. The molecule has 0 saturated heterocycles. The molecule has 0 unspecified atom stereocenters. The quantitative estimate of drug-likeness (QED) is 0.855. The van der Waals surface area contributed by atoms with Gasteiger partial charge in [0.15, 0.2) is 17.6 Å². The third kappa shape index (κ3) is 2.47. The van der Waals surface area contributed by atoms with Gasteiger partial charge in [0.1, 0.15) is 18.5 Å². The van der Waals surface area contributed by atoms with Crippen LogP contribution in [0, 0.1) is 0 Å². The van der Waals surface area contributed by atoms with Crippen LogP contribution in [-0.2, 0) is 4.74 Å². The average Bonchev–Trinajstić information content (AvgIpc) is 3.04. The monoisotopic (exact) mass is 314 g/mol. The van der Waals surface area contributed by atoms with Gasteiger partial charge in [0.2, 0.25) is 6.79 Å². The standard InChI is InChI=1S/C17H14O6/c18-12-8-20-13-7-15-14(21-9-22-15)6-11(13)16(12)23-17(19)10-4-2-1-3-5-10/h1-7,12,16,18H,8-9H2/t12-,16-/m0/s1. The first kappa shape index (κ1) is 13.9. The summed E-state index contributed by atoms with van der Waals surface area (Å²) < 4.78 is 21.7. The lowest BCUT2D eigenvalue weighted by molar-refractivity contribution is -0.0465. The van der Waals surface area contributed by atoms with E-state index in [1.54, 1.807) is 36.4 Å². The Bertz CT molecular complexity index is 742. The molecule has 2 aliphatic rings. The van der Waals surface area contributed by atoms with E-state index in [2.05, 4.69) is 0 Å². The average molecular weight is 314 g/mol. The van der Waals surface area contributed by atoms with Crippen LogP contribution in [0.1, 0.15) is 22.0 Å². The molecule has 0 aliphatic carbocycles. The Morgan fingerprint density at radius 3 is 2.57 bits per heavy atom. The fraction of sp³-hybridized carbons (Fsp3) is 0.235. The summed E-state index contributed by atoms with van der Waals surface area (Å²) in [4.78, 5) is 12.3. The number of carbonyl (C=O) groups excluding carboxylic acids is 1. The lowest BCUT2D eigenvalue weighted by atomic mass is 10.00. The van der Waals surface area contributed by atoms with Crippen molar-refractivity contribution in [2.75, 3.05) is 13.4 Å². The zero-order chi connectivity index (χ0) is 15.8. The Morgan fingerprint density at radius 1 is 1.04 bits per heavy atom. The van der Waals surface area contributed by atoms with Crippen LogP contribution >= 0.6 is 0 Å². The lowest BCUT2D eigenvalue weighted by Crippen LogP contribution is -2.33. The van der Waals surface area contributed by atoms with E-state index in [-0.39, 0.29) is 13.4 Å². The van der Waals surface area contributed by atoms with Gasteiger partial charge in [-0.2, -0.15) is 0 Å². The van der Waals surface area contributed by atoms with E-state index in [9.17, 15) is 9.90 Å². The van der Waals surface area contributed by atoms with Crippen molar-refractivity contribution in [1.29, 1.82) is 0 Å². The first-order valence-electron chi connectivity index (χ1n) is 7.23. The van der Waals surface area contributed by atoms with Gasteiger partial charge in [0, 0.05) is 11.6 Å². The van der Waals surface area contributed by atoms with Crippen LogP contribution in [0.4, 0.5) is 0 Å². The number of esters is 1. The van der Waals surface area contributed by atoms with E-state index in [0.29, 0.717) is 28.4 Å². The molecule has 0 fully saturated rings. The second-order valence-electron chi connectivity index (χ2n) is 5.31. The van der Waals surface area contributed by atoms with Gasteiger partial charge in [-0.05, 0) is 18.2 Å². The predicted octanol–water partition coefficient (Wildman–Crippen LogP) is 2.07. The van der Waals surface area contributed by atoms with Gasteiger partial charge in [-0.25, -0.2) is 4.79 Å². The molecule has 118 valence electrons. The van der Waals surface area contributed by atoms with E-state index in [4.69, 9.17) is 18.9 Å². The summed E-state index contributed by atoms with van der Waals surface area (Å²) in [7, 11) is 0. The highest BCUT2D eigenvalue weighted by atomic mass is 16.7. The minimum Gasteiger partial charge on any atom is -0.490 e. The summed E-state index contributed by atoms with van der Waals surface area (Å²) in [5, 5.41) is 10.2. The van der Waals surface area contributed by atoms with Gasteiger partial charge in [0.05, 0.1) is 5.56 Å². The molecular weight excluding hydrogens is 300 g/mol. The second-order valence-corrected chi connectivity index (χ2v) is 5.31. The van der Waals surface area contributed by atoms with E-state index in [1.165, 1.54) is 0 Å². The molecule has 0 spiro atoms. The molecule has 4 rings (SSSR count). The smallest absolute Gasteiger partial charge is 0.338 e. The number of carbonyl (C=O) groups is 1. The topological polar surface area (TPSA) is 74.2 Å². The third-order valence-corrected chi connectivity index (χ3v) is 3.81. The summed E-state index contributed by atoms with van der Waals surface area (Å²) in [5.41, 5.74) is 0.991. The molecule has 0 aromatic heterocycles. The number of benzene rings is 2. The number of fused-ring (bicyclic) bond motifs is 2. The van der Waals surface area contributed by atoms with Gasteiger partial charge < -0.3 is 24.1 Å². The Morgan fingerprint density at radius 2 is 1.78 bits per heavy atom. The van der Waals surface area contributed by atoms with Crippen LogP contribution in [0.5, 0.6) is 17.2 Å². The number of rotatable bonds is 2. The summed E-state index contributed by atoms with van der Waals surface area (Å²) in [5.74, 6) is 1.14. The van der Waals surface area contributed by atoms with Gasteiger partial charge in [-0.15, -0.1) is 0 Å². The van der Waals surface area contributed by atoms with E-state index in [0.717, 1.165) is 0 Å². The van der Waals surface area contributed by atoms with Gasteiger partial charge in [0.25, 0.3) is 0 Å². The van der Waals surface area contributed by atoms with Crippen molar-refractivity contribution in [1.82, 2.24) is 0 Å². The minimum absolute atomic E-state index is 0.0411. The molecule has 2 aliphatic heterocycles. The fourth-order valence-electron chi connectivity index (χ4n) is 2.66. The maximum atomic E-state index is 12.3. The summed E-state index contributed by atoms with van der Waals surface area (Å²) >= 11 is 0. The second kappa shape index (κ2) is 5.48. The van der Waals surface area contributed by atoms with E-state index in [1.807, 2.05) is 6.07 Å². The fourth-order valence-corrected chi connectivity index (χ4v) is 2.66. The van der Waals surface area contributed by atoms with Crippen molar-refractivity contribution in [2.45, 2.75) is 12.2 Å². The van der Waals surface area contributed by atoms with Crippen LogP contribution in [0.25, 0.3) is 0 Å². The molecule has 2 aromatic carbocycles. The highest BCUT2D eigenvalue weighted by molar-refractivity contribution is 5.89. The number of hydrogen-bond donors (Lipinski definition) is 1. The van der Waals surface area contributed by atoms with Crippen LogP contribution in [-0.4, -0.2) is 30.6 Å². The van der Waals surface area contributed by atoms with Gasteiger partial charge in [-0.1, -0.05) is 18.2 Å². The number of hydrogen-bond acceptors (Lipinski definition) is 6. The van der Waals surface area contributed by atoms with Crippen molar-refractivity contribution in [3.05, 3.63) is 53.6 Å². The van der Waals surface area contributed by atoms with Crippen LogP contribution in [0.3, 0.4) is 0 Å². The molecule has 2 aromatic rings. The molecule has 0 amide bonds. The SMILES string of the molecule is O=C(O[C@H]1c2cc3c(cc2OC[C@@H]1O)OCO3)c1ccccc1. The van der Waals surface area contributed by atoms with Crippen molar-refractivity contribution in [2.24, 2.45) is 0 Å². The Hall–Kier alpha value is -2.73. The molecule has 2 heterocycles. The number of ether oxygens (including phenoxy) is 4. The zero-order valence-corrected chi connectivity index (χ0v) is 12.1. The maximum Gasteiger partial charge on any atom is 0.338 e. The molecule has 23 heavy (non-hydrogen) atoms. The Kier molecular flexibility index (Phi) is 3.31. The first-order chi connectivity index (χ1) is 11.2. The highest BCUT2D eigenvalue weighted by Crippen LogP contribution is 2.44. The number of aliphatic hydroxyl groups is 1. The van der Waals surface area contributed by atoms with Crippen molar-refractivity contribution >= 4 is 5.97 Å². The van der Waals surface area contributed by atoms with Gasteiger partial charge in [-0.3, -0.25) is 0 Å². The summed E-state index contributed by atoms with van der Waals surface area (Å²) in [6.07, 6.45) is -1.77. The summed E-state index contributed by atoms with van der Waals surface area (Å²) in [6, 6.07) is 12.0. The van der Waals surface area contributed by atoms with Crippen LogP contribution < -0.4 is 14.2 Å². The third-order valence-electron chi connectivity index (χ3n) is 3.81. The molecule has 6 nitrogen and oxygen atoms in total. The lowest BCUT2D eigenvalue weighted by Gasteiger charge is -2.30. The Labute approximate surface area is 132 Å².